The van der Waals surface area contributed by atoms with Gasteiger partial charge in [-0.15, -0.1) is 0 Å². The highest BCUT2D eigenvalue weighted by atomic mass is 35.5. The zero-order valence-electron chi connectivity index (χ0n) is 12.4. The summed E-state index contributed by atoms with van der Waals surface area (Å²) >= 11 is 4.57. The van der Waals surface area contributed by atoms with Crippen molar-refractivity contribution in [2.24, 2.45) is 0 Å². The Morgan fingerprint density at radius 1 is 0.714 bits per heavy atom. The van der Waals surface area contributed by atoms with Crippen LogP contribution in [0.5, 0.6) is 0 Å². The van der Waals surface area contributed by atoms with E-state index in [4.69, 9.17) is 0 Å². The Hall–Kier alpha value is -1.09. The summed E-state index contributed by atoms with van der Waals surface area (Å²) in [5, 5.41) is -1.86. The minimum Gasteiger partial charge on any atom is -0.234 e. The van der Waals surface area contributed by atoms with E-state index in [1.807, 2.05) is 0 Å². The maximum atomic E-state index is 13.8. The molecule has 3 atom stereocenters. The van der Waals surface area contributed by atoms with Gasteiger partial charge in [0.05, 0.1) is 11.5 Å². The first-order valence-electron chi connectivity index (χ1n) is 6.20. The number of hydrogen-bond donors (Lipinski definition) is 0. The van der Waals surface area contributed by atoms with Gasteiger partial charge in [0.25, 0.3) is 12.1 Å². The molecular formula is C11H5ClF16. The van der Waals surface area contributed by atoms with E-state index in [0.29, 0.717) is 0 Å². The van der Waals surface area contributed by atoms with Gasteiger partial charge in [-0.25, -0.2) is 26.3 Å². The molecule has 0 fully saturated rings. The summed E-state index contributed by atoms with van der Waals surface area (Å²) < 4.78 is 205. The fourth-order valence-corrected chi connectivity index (χ4v) is 1.95. The van der Waals surface area contributed by atoms with Crippen molar-refractivity contribution < 1.29 is 70.2 Å². The molecule has 17 heteroatoms. The Morgan fingerprint density at radius 2 is 1.07 bits per heavy atom. The minimum absolute atomic E-state index is 1.01. The van der Waals surface area contributed by atoms with Crippen molar-refractivity contribution in [3.8, 4) is 0 Å². The van der Waals surface area contributed by atoms with Crippen LogP contribution in [-0.2, 0) is 0 Å². The van der Waals surface area contributed by atoms with Crippen molar-refractivity contribution >= 4 is 11.6 Å². The molecule has 0 aromatic heterocycles. The van der Waals surface area contributed by atoms with Crippen LogP contribution in [0.15, 0.2) is 11.4 Å². The van der Waals surface area contributed by atoms with Crippen LogP contribution in [0.4, 0.5) is 70.2 Å². The molecule has 0 spiro atoms. The number of alkyl halides is 15. The fourth-order valence-electron chi connectivity index (χ4n) is 1.77. The molecule has 0 radical (unpaired) electrons. The van der Waals surface area contributed by atoms with E-state index in [-0.39, 0.29) is 0 Å². The van der Waals surface area contributed by atoms with E-state index < -0.39 is 65.9 Å². The lowest BCUT2D eigenvalue weighted by Gasteiger charge is -2.43. The summed E-state index contributed by atoms with van der Waals surface area (Å²) in [6.45, 7) is 0. The Bertz CT molecular complexity index is 574. The monoisotopic (exact) mass is 476 g/mol. The lowest BCUT2D eigenvalue weighted by molar-refractivity contribution is -0.407. The summed E-state index contributed by atoms with van der Waals surface area (Å²) in [6, 6.07) is 0. The van der Waals surface area contributed by atoms with Gasteiger partial charge in [-0.2, -0.15) is 43.9 Å². The molecule has 0 aliphatic carbocycles. The van der Waals surface area contributed by atoms with Crippen molar-refractivity contribution in [2.45, 2.75) is 54.6 Å². The number of allylic oxidation sites excluding steroid dienone is 1. The van der Waals surface area contributed by atoms with Gasteiger partial charge in [-0.3, -0.25) is 0 Å². The SMILES string of the molecule is FC=C(Cl)CC(F)(F)C(F)C(F)(F)C(F)(C(F)(F)F)C(F)(F)C(F)C(F)(F)F. The van der Waals surface area contributed by atoms with Gasteiger partial charge in [0.1, 0.15) is 6.33 Å². The lowest BCUT2D eigenvalue weighted by Crippen LogP contribution is -2.74. The summed E-state index contributed by atoms with van der Waals surface area (Å²) in [5.74, 6) is -21.5. The highest BCUT2D eigenvalue weighted by molar-refractivity contribution is 6.29. The maximum absolute atomic E-state index is 13.8. The van der Waals surface area contributed by atoms with E-state index >= 15 is 0 Å². The molecule has 0 heterocycles. The first-order valence-corrected chi connectivity index (χ1v) is 6.58. The van der Waals surface area contributed by atoms with Gasteiger partial charge in [-0.05, 0) is 0 Å². The van der Waals surface area contributed by atoms with Crippen molar-refractivity contribution in [1.29, 1.82) is 0 Å². The van der Waals surface area contributed by atoms with Crippen LogP contribution in [0.2, 0.25) is 0 Å². The smallest absolute Gasteiger partial charge is 0.234 e. The summed E-state index contributed by atoms with van der Waals surface area (Å²) in [7, 11) is 0. The molecule has 0 amide bonds. The molecule has 3 unspecified atom stereocenters. The van der Waals surface area contributed by atoms with Crippen LogP contribution in [0.25, 0.3) is 0 Å². The third-order valence-electron chi connectivity index (χ3n) is 3.13. The normalized spacial score (nSPS) is 20.0. The summed E-state index contributed by atoms with van der Waals surface area (Å²) in [6.07, 6.45) is -31.0. The molecule has 0 aliphatic heterocycles. The van der Waals surface area contributed by atoms with Gasteiger partial charge in [0.2, 0.25) is 6.17 Å². The molecule has 0 bridgehead atoms. The van der Waals surface area contributed by atoms with E-state index in [2.05, 4.69) is 11.6 Å². The largest absolute Gasteiger partial charge is 0.434 e. The van der Waals surface area contributed by atoms with E-state index in [1.165, 1.54) is 0 Å². The second-order valence-electron chi connectivity index (χ2n) is 5.16. The second-order valence-corrected chi connectivity index (χ2v) is 5.65. The summed E-state index contributed by atoms with van der Waals surface area (Å²) in [4.78, 5) is 0. The van der Waals surface area contributed by atoms with Gasteiger partial charge < -0.3 is 0 Å². The zero-order valence-corrected chi connectivity index (χ0v) is 13.1. The molecule has 0 nitrogen and oxygen atoms in total. The van der Waals surface area contributed by atoms with Gasteiger partial charge >= 0.3 is 29.9 Å². The number of halogens is 17. The fraction of sp³-hybridized carbons (Fsp3) is 0.818. The van der Waals surface area contributed by atoms with Crippen molar-refractivity contribution in [3.63, 3.8) is 0 Å². The molecule has 0 N–H and O–H groups in total. The van der Waals surface area contributed by atoms with Crippen LogP contribution >= 0.6 is 11.6 Å². The highest BCUT2D eigenvalue weighted by Gasteiger charge is 2.90. The van der Waals surface area contributed by atoms with E-state index in [9.17, 15) is 70.2 Å². The standard InChI is InChI=1S/C11H5ClF16/c12-3(2-13)1-6(16,17)4(14)7(18,19)10(25,11(26,27)28)8(20,21)5(15)9(22,23)24/h2,4-5H,1H2. The van der Waals surface area contributed by atoms with E-state index in [0.717, 1.165) is 0 Å². The van der Waals surface area contributed by atoms with Crippen LogP contribution in [0.3, 0.4) is 0 Å². The van der Waals surface area contributed by atoms with Crippen molar-refractivity contribution in [3.05, 3.63) is 11.4 Å². The van der Waals surface area contributed by atoms with Gasteiger partial charge in [0.15, 0.2) is 0 Å². The molecule has 0 aromatic rings. The predicted octanol–water partition coefficient (Wildman–Crippen LogP) is 6.84. The third-order valence-corrected chi connectivity index (χ3v) is 3.34. The van der Waals surface area contributed by atoms with Crippen LogP contribution in [0.1, 0.15) is 6.42 Å². The molecule has 0 saturated heterocycles. The highest BCUT2D eigenvalue weighted by Crippen LogP contribution is 2.60. The minimum atomic E-state index is -8.10. The molecular weight excluding hydrogens is 472 g/mol. The number of rotatable bonds is 7. The first kappa shape index (κ1) is 26.9. The van der Waals surface area contributed by atoms with Crippen molar-refractivity contribution in [2.75, 3.05) is 0 Å². The van der Waals surface area contributed by atoms with E-state index in [1.54, 1.807) is 0 Å². The first-order chi connectivity index (χ1) is 12.0. The predicted molar refractivity (Wildman–Crippen MR) is 60.2 cm³/mol. The maximum Gasteiger partial charge on any atom is 0.434 e. The molecule has 28 heavy (non-hydrogen) atoms. The third kappa shape index (κ3) is 4.40. The van der Waals surface area contributed by atoms with Crippen molar-refractivity contribution in [1.82, 2.24) is 0 Å². The molecule has 0 rings (SSSR count). The molecule has 0 aliphatic rings. The van der Waals surface area contributed by atoms with Crippen LogP contribution in [-0.4, -0.2) is 48.1 Å². The Labute approximate surface area is 149 Å². The van der Waals surface area contributed by atoms with Crippen LogP contribution < -0.4 is 0 Å². The van der Waals surface area contributed by atoms with Gasteiger partial charge in [-0.1, -0.05) is 11.6 Å². The average Bonchev–Trinajstić information content (AvgIpc) is 2.49. The Kier molecular flexibility index (Phi) is 7.33. The zero-order chi connectivity index (χ0) is 23.1. The van der Waals surface area contributed by atoms with Crippen LogP contribution in [0, 0.1) is 0 Å². The number of hydrogen-bond acceptors (Lipinski definition) is 0. The summed E-state index contributed by atoms with van der Waals surface area (Å²) in [5.41, 5.74) is -8.10. The Balaban J connectivity index is 6.64. The molecule has 168 valence electrons. The average molecular weight is 477 g/mol. The van der Waals surface area contributed by atoms with Gasteiger partial charge in [0, 0.05) is 0 Å². The second kappa shape index (κ2) is 7.63. The topological polar surface area (TPSA) is 0 Å². The Morgan fingerprint density at radius 3 is 1.36 bits per heavy atom. The lowest BCUT2D eigenvalue weighted by atomic mass is 9.82. The quantitative estimate of drug-likeness (QED) is 0.353. The molecule has 0 aromatic carbocycles. The molecule has 0 saturated carbocycles.